The molecule has 5 rings (SSSR count). The molecule has 0 radical (unpaired) electrons. The molecule has 0 spiro atoms. The van der Waals surface area contributed by atoms with Gasteiger partial charge < -0.3 is 4.74 Å². The summed E-state index contributed by atoms with van der Waals surface area (Å²) in [4.78, 5) is 42.7. The summed E-state index contributed by atoms with van der Waals surface area (Å²) in [5.74, 6) is -1.90. The van der Waals surface area contributed by atoms with Gasteiger partial charge in [-0.1, -0.05) is 72.8 Å². The highest BCUT2D eigenvalue weighted by atomic mass is 16.6. The predicted molar refractivity (Wildman–Crippen MR) is 144 cm³/mol. The number of esters is 1. The molecule has 1 unspecified atom stereocenters. The second-order valence-electron chi connectivity index (χ2n) is 9.76. The molecule has 3 aromatic carbocycles. The first-order valence-electron chi connectivity index (χ1n) is 12.7. The van der Waals surface area contributed by atoms with E-state index in [1.54, 1.807) is 19.1 Å². The lowest BCUT2D eigenvalue weighted by Gasteiger charge is -2.36. The topological polar surface area (TPSA) is 98.9 Å². The Labute approximate surface area is 221 Å². The Bertz CT molecular complexity index is 1410. The van der Waals surface area contributed by atoms with Crippen molar-refractivity contribution in [2.75, 3.05) is 6.61 Å². The Morgan fingerprint density at radius 1 is 0.947 bits per heavy atom. The van der Waals surface area contributed by atoms with Gasteiger partial charge in [0, 0.05) is 47.9 Å². The molecule has 2 aliphatic rings. The number of nitrogens with zero attached hydrogens (tertiary/aromatic N) is 2. The van der Waals surface area contributed by atoms with Gasteiger partial charge in [-0.25, -0.2) is 0 Å². The number of carbonyl (C=O) groups excluding carboxylic acids is 2. The van der Waals surface area contributed by atoms with E-state index in [4.69, 9.17) is 9.73 Å². The van der Waals surface area contributed by atoms with Crippen LogP contribution in [0.2, 0.25) is 0 Å². The lowest BCUT2D eigenvalue weighted by molar-refractivity contribution is -0.384. The van der Waals surface area contributed by atoms with Crippen molar-refractivity contribution in [2.45, 2.75) is 38.0 Å². The number of hydrogen-bond acceptors (Lipinski definition) is 6. The van der Waals surface area contributed by atoms with E-state index in [0.717, 1.165) is 11.1 Å². The third kappa shape index (κ3) is 5.18. The van der Waals surface area contributed by atoms with E-state index in [9.17, 15) is 19.7 Å². The van der Waals surface area contributed by atoms with Crippen LogP contribution in [0.4, 0.5) is 5.69 Å². The van der Waals surface area contributed by atoms with Crippen LogP contribution in [-0.2, 0) is 20.7 Å². The molecule has 0 N–H and O–H groups in total. The number of rotatable bonds is 7. The number of nitro groups is 1. The van der Waals surface area contributed by atoms with E-state index in [0.29, 0.717) is 41.8 Å². The Kier molecular flexibility index (Phi) is 7.26. The van der Waals surface area contributed by atoms with Gasteiger partial charge in [0.25, 0.3) is 5.69 Å². The normalized spacial score (nSPS) is 20.9. The minimum absolute atomic E-state index is 0.00545. The van der Waals surface area contributed by atoms with Crippen molar-refractivity contribution < 1.29 is 19.2 Å². The number of hydrogen-bond donors (Lipinski definition) is 0. The van der Waals surface area contributed by atoms with Gasteiger partial charge >= 0.3 is 5.97 Å². The van der Waals surface area contributed by atoms with Crippen molar-refractivity contribution in [1.82, 2.24) is 0 Å². The summed E-state index contributed by atoms with van der Waals surface area (Å²) >= 11 is 0. The molecule has 1 aliphatic carbocycles. The molecule has 0 saturated carbocycles. The number of ether oxygens (including phenoxy) is 1. The summed E-state index contributed by atoms with van der Waals surface area (Å²) in [7, 11) is 0. The Balaban J connectivity index is 1.47. The molecule has 38 heavy (non-hydrogen) atoms. The number of allylic oxidation sites excluding steroid dienone is 2. The maximum Gasteiger partial charge on any atom is 0.315 e. The quantitative estimate of drug-likeness (QED) is 0.223. The number of Topliss-reactive ketones (excluding diaryl/α,β-unsaturated/α-hetero) is 1. The van der Waals surface area contributed by atoms with Gasteiger partial charge in [0.1, 0.15) is 5.92 Å². The van der Waals surface area contributed by atoms with Crippen molar-refractivity contribution in [3.05, 3.63) is 123 Å². The Morgan fingerprint density at radius 2 is 1.61 bits per heavy atom. The van der Waals surface area contributed by atoms with Gasteiger partial charge in [-0.15, -0.1) is 0 Å². The average Bonchev–Trinajstić information content (AvgIpc) is 2.93. The number of non-ortho nitro benzene ring substituents is 1. The van der Waals surface area contributed by atoms with E-state index in [1.165, 1.54) is 12.1 Å². The number of carbonyl (C=O) groups is 2. The molecule has 0 saturated heterocycles. The summed E-state index contributed by atoms with van der Waals surface area (Å²) in [6, 6.07) is 25.7. The third-order valence-electron chi connectivity index (χ3n) is 7.35. The predicted octanol–water partition coefficient (Wildman–Crippen LogP) is 5.96. The molecule has 1 aliphatic heterocycles. The van der Waals surface area contributed by atoms with Crippen LogP contribution in [0.5, 0.6) is 0 Å². The summed E-state index contributed by atoms with van der Waals surface area (Å²) in [6.45, 7) is 2.00. The number of aliphatic imine (C=N–C) groups is 1. The van der Waals surface area contributed by atoms with Gasteiger partial charge in [-0.05, 0) is 36.0 Å². The summed E-state index contributed by atoms with van der Waals surface area (Å²) in [5.41, 5.74) is 4.53. The van der Waals surface area contributed by atoms with Crippen molar-refractivity contribution in [3.63, 3.8) is 0 Å². The average molecular weight is 509 g/mol. The molecular formula is C31H28N2O5. The number of nitro benzene ring substituents is 1. The minimum Gasteiger partial charge on any atom is -0.465 e. The van der Waals surface area contributed by atoms with E-state index < -0.39 is 22.7 Å². The zero-order valence-corrected chi connectivity index (χ0v) is 21.1. The molecular weight excluding hydrogens is 480 g/mol. The van der Waals surface area contributed by atoms with E-state index in [2.05, 4.69) is 0 Å². The highest BCUT2D eigenvalue weighted by Crippen LogP contribution is 2.47. The highest BCUT2D eigenvalue weighted by molar-refractivity contribution is 6.09. The van der Waals surface area contributed by atoms with E-state index in [1.807, 2.05) is 60.7 Å². The minimum atomic E-state index is -0.789. The van der Waals surface area contributed by atoms with Gasteiger partial charge in [0.15, 0.2) is 5.78 Å². The lowest BCUT2D eigenvalue weighted by Crippen LogP contribution is -2.38. The third-order valence-corrected chi connectivity index (χ3v) is 7.35. The van der Waals surface area contributed by atoms with Crippen molar-refractivity contribution in [3.8, 4) is 0 Å². The lowest BCUT2D eigenvalue weighted by atomic mass is 9.69. The van der Waals surface area contributed by atoms with Crippen LogP contribution >= 0.6 is 0 Å². The zero-order valence-electron chi connectivity index (χ0n) is 21.1. The SMILES string of the molecule is CC1=NC2=C(C(=O)C[C@@H](c3ccccc3)C2)[C@@H](c2ccc([N+](=O)[O-])cc2)C1C(=O)OCCc1ccccc1. The summed E-state index contributed by atoms with van der Waals surface area (Å²) < 4.78 is 5.71. The van der Waals surface area contributed by atoms with Crippen molar-refractivity contribution >= 4 is 23.2 Å². The van der Waals surface area contributed by atoms with Crippen LogP contribution in [0.15, 0.2) is 101 Å². The Hall–Kier alpha value is -4.39. The molecule has 3 atom stereocenters. The maximum absolute atomic E-state index is 13.7. The van der Waals surface area contributed by atoms with E-state index >= 15 is 0 Å². The molecule has 0 fully saturated rings. The van der Waals surface area contributed by atoms with Crippen LogP contribution in [0.1, 0.15) is 48.3 Å². The molecule has 3 aromatic rings. The molecule has 192 valence electrons. The van der Waals surface area contributed by atoms with Gasteiger partial charge in [-0.2, -0.15) is 0 Å². The second-order valence-corrected chi connectivity index (χ2v) is 9.76. The first-order chi connectivity index (χ1) is 18.4. The van der Waals surface area contributed by atoms with Crippen molar-refractivity contribution in [2.24, 2.45) is 10.9 Å². The van der Waals surface area contributed by atoms with Crippen LogP contribution in [-0.4, -0.2) is 29.0 Å². The van der Waals surface area contributed by atoms with Crippen LogP contribution in [0.25, 0.3) is 0 Å². The molecule has 0 amide bonds. The summed E-state index contributed by atoms with van der Waals surface area (Å²) in [6.07, 6.45) is 1.47. The van der Waals surface area contributed by atoms with Crippen LogP contribution < -0.4 is 0 Å². The Morgan fingerprint density at radius 3 is 2.26 bits per heavy atom. The first-order valence-corrected chi connectivity index (χ1v) is 12.7. The van der Waals surface area contributed by atoms with Gasteiger partial charge in [0.2, 0.25) is 0 Å². The monoisotopic (exact) mass is 508 g/mol. The number of benzene rings is 3. The molecule has 1 heterocycles. The zero-order chi connectivity index (χ0) is 26.6. The molecule has 7 heteroatoms. The van der Waals surface area contributed by atoms with Crippen LogP contribution in [0.3, 0.4) is 0 Å². The maximum atomic E-state index is 13.7. The largest absolute Gasteiger partial charge is 0.465 e. The highest BCUT2D eigenvalue weighted by Gasteiger charge is 2.44. The smallest absolute Gasteiger partial charge is 0.315 e. The fourth-order valence-corrected chi connectivity index (χ4v) is 5.49. The molecule has 7 nitrogen and oxygen atoms in total. The molecule has 0 aromatic heterocycles. The standard InChI is InChI=1S/C31H28N2O5/c1-20-28(31(35)38-17-16-21-8-4-2-5-9-21)29(23-12-14-25(15-13-23)33(36)37)30-26(32-20)18-24(19-27(30)34)22-10-6-3-7-11-22/h2-15,24,28-29H,16-19H2,1H3/t24-,28?,29-/m0/s1. The van der Waals surface area contributed by atoms with E-state index in [-0.39, 0.29) is 24.0 Å². The second kappa shape index (κ2) is 10.9. The molecule has 0 bridgehead atoms. The summed E-state index contributed by atoms with van der Waals surface area (Å²) in [5, 5.41) is 11.2. The first kappa shape index (κ1) is 25.3. The fraction of sp³-hybridized carbons (Fsp3) is 0.258. The van der Waals surface area contributed by atoms with Crippen LogP contribution in [0, 0.1) is 16.0 Å². The van der Waals surface area contributed by atoms with Crippen molar-refractivity contribution in [1.29, 1.82) is 0 Å². The fourth-order valence-electron chi connectivity index (χ4n) is 5.49. The van der Waals surface area contributed by atoms with Gasteiger partial charge in [-0.3, -0.25) is 24.7 Å². The van der Waals surface area contributed by atoms with Gasteiger partial charge in [0.05, 0.1) is 11.5 Å². The number of ketones is 1.